The Bertz CT molecular complexity index is 1010. The SMILES string of the molecule is COc1ccc(OC)c(CCC(=O)Nc2c(F)cc(F)cc2-c2ccccc2)c1. The lowest BCUT2D eigenvalue weighted by Crippen LogP contribution is -2.15. The number of nitrogens with one attached hydrogen (secondary N) is 1. The van der Waals surface area contributed by atoms with Gasteiger partial charge in [0.05, 0.1) is 19.9 Å². The number of carbonyl (C=O) groups excluding carboxylic acids is 1. The van der Waals surface area contributed by atoms with Crippen molar-refractivity contribution in [3.63, 3.8) is 0 Å². The number of hydrogen-bond donors (Lipinski definition) is 1. The number of hydrogen-bond acceptors (Lipinski definition) is 3. The molecular formula is C23H21F2NO3. The first kappa shape index (κ1) is 20.3. The molecule has 0 heterocycles. The molecule has 150 valence electrons. The highest BCUT2D eigenvalue weighted by atomic mass is 19.1. The summed E-state index contributed by atoms with van der Waals surface area (Å²) in [5.74, 6) is -0.636. The van der Waals surface area contributed by atoms with Crippen LogP contribution in [0, 0.1) is 11.6 Å². The van der Waals surface area contributed by atoms with Crippen LogP contribution in [0.4, 0.5) is 14.5 Å². The number of carbonyl (C=O) groups is 1. The van der Waals surface area contributed by atoms with E-state index in [2.05, 4.69) is 5.32 Å². The van der Waals surface area contributed by atoms with E-state index in [0.717, 1.165) is 11.6 Å². The van der Waals surface area contributed by atoms with Crippen LogP contribution in [-0.4, -0.2) is 20.1 Å². The molecule has 0 fully saturated rings. The first-order valence-corrected chi connectivity index (χ1v) is 9.07. The van der Waals surface area contributed by atoms with Crippen molar-refractivity contribution in [2.24, 2.45) is 0 Å². The fourth-order valence-electron chi connectivity index (χ4n) is 3.07. The number of benzene rings is 3. The van der Waals surface area contributed by atoms with Crippen molar-refractivity contribution in [1.29, 1.82) is 0 Å². The predicted octanol–water partition coefficient (Wildman–Crippen LogP) is 5.22. The van der Waals surface area contributed by atoms with Gasteiger partial charge in [-0.1, -0.05) is 30.3 Å². The molecule has 0 aliphatic heterocycles. The van der Waals surface area contributed by atoms with E-state index in [1.54, 1.807) is 62.8 Å². The van der Waals surface area contributed by atoms with Crippen molar-refractivity contribution < 1.29 is 23.0 Å². The second-order valence-electron chi connectivity index (χ2n) is 6.40. The molecule has 0 atom stereocenters. The molecule has 1 N–H and O–H groups in total. The summed E-state index contributed by atoms with van der Waals surface area (Å²) in [4.78, 5) is 12.5. The van der Waals surface area contributed by atoms with Gasteiger partial charge in [0.25, 0.3) is 0 Å². The minimum Gasteiger partial charge on any atom is -0.497 e. The number of anilines is 1. The number of amides is 1. The Morgan fingerprint density at radius 1 is 0.966 bits per heavy atom. The molecule has 0 bridgehead atoms. The van der Waals surface area contributed by atoms with E-state index in [9.17, 15) is 13.6 Å². The Morgan fingerprint density at radius 2 is 1.72 bits per heavy atom. The summed E-state index contributed by atoms with van der Waals surface area (Å²) in [6.07, 6.45) is 0.463. The van der Waals surface area contributed by atoms with E-state index >= 15 is 0 Å². The fourth-order valence-corrected chi connectivity index (χ4v) is 3.07. The number of ether oxygens (including phenoxy) is 2. The molecular weight excluding hydrogens is 376 g/mol. The molecule has 0 spiro atoms. The van der Waals surface area contributed by atoms with Crippen molar-refractivity contribution in [3.05, 3.63) is 77.9 Å². The maximum atomic E-state index is 14.4. The van der Waals surface area contributed by atoms with Crippen molar-refractivity contribution in [1.82, 2.24) is 0 Å². The minimum absolute atomic E-state index is 0.0415. The molecule has 29 heavy (non-hydrogen) atoms. The number of rotatable bonds is 7. The van der Waals surface area contributed by atoms with Gasteiger partial charge in [0.2, 0.25) is 5.91 Å². The minimum atomic E-state index is -0.823. The highest BCUT2D eigenvalue weighted by Gasteiger charge is 2.16. The van der Waals surface area contributed by atoms with Crippen LogP contribution in [0.2, 0.25) is 0 Å². The monoisotopic (exact) mass is 397 g/mol. The summed E-state index contributed by atoms with van der Waals surface area (Å²) in [6.45, 7) is 0. The zero-order valence-corrected chi connectivity index (χ0v) is 16.2. The summed E-state index contributed by atoms with van der Waals surface area (Å²) < 4.78 is 38.7. The third-order valence-electron chi connectivity index (χ3n) is 4.51. The smallest absolute Gasteiger partial charge is 0.224 e. The van der Waals surface area contributed by atoms with Gasteiger partial charge in [0.1, 0.15) is 23.1 Å². The van der Waals surface area contributed by atoms with Crippen molar-refractivity contribution in [3.8, 4) is 22.6 Å². The molecule has 3 aromatic carbocycles. The average Bonchev–Trinajstić information content (AvgIpc) is 2.74. The van der Waals surface area contributed by atoms with Gasteiger partial charge in [-0.15, -0.1) is 0 Å². The fraction of sp³-hybridized carbons (Fsp3) is 0.174. The number of aryl methyl sites for hydroxylation is 1. The molecule has 0 aliphatic carbocycles. The third-order valence-corrected chi connectivity index (χ3v) is 4.51. The summed E-state index contributed by atoms with van der Waals surface area (Å²) in [6, 6.07) is 16.1. The second kappa shape index (κ2) is 9.19. The first-order chi connectivity index (χ1) is 14.0. The lowest BCUT2D eigenvalue weighted by Gasteiger charge is -2.14. The molecule has 3 rings (SSSR count). The maximum absolute atomic E-state index is 14.4. The van der Waals surface area contributed by atoms with Crippen LogP contribution in [0.25, 0.3) is 11.1 Å². The average molecular weight is 397 g/mol. The standard InChI is InChI=1S/C23H21F2NO3/c1-28-18-9-10-21(29-2)16(12-18)8-11-22(27)26-23-19(13-17(24)14-20(23)25)15-6-4-3-5-7-15/h3-7,9-10,12-14H,8,11H2,1-2H3,(H,26,27). The van der Waals surface area contributed by atoms with E-state index in [0.29, 0.717) is 23.5 Å². The Balaban J connectivity index is 1.80. The number of methoxy groups -OCH3 is 2. The van der Waals surface area contributed by atoms with Gasteiger partial charge in [0.15, 0.2) is 0 Å². The highest BCUT2D eigenvalue weighted by Crippen LogP contribution is 2.32. The van der Waals surface area contributed by atoms with Gasteiger partial charge in [-0.05, 0) is 41.8 Å². The van der Waals surface area contributed by atoms with Gasteiger partial charge in [-0.2, -0.15) is 0 Å². The summed E-state index contributed by atoms with van der Waals surface area (Å²) in [7, 11) is 3.10. The molecule has 0 aliphatic rings. The first-order valence-electron chi connectivity index (χ1n) is 9.07. The third kappa shape index (κ3) is 4.90. The topological polar surface area (TPSA) is 47.6 Å². The molecule has 1 amide bonds. The summed E-state index contributed by atoms with van der Waals surface area (Å²) in [5.41, 5.74) is 1.65. The zero-order valence-electron chi connectivity index (χ0n) is 16.2. The van der Waals surface area contributed by atoms with Crippen LogP contribution in [-0.2, 0) is 11.2 Å². The lowest BCUT2D eigenvalue weighted by atomic mass is 10.0. The molecule has 0 saturated carbocycles. The Hall–Kier alpha value is -3.41. The second-order valence-corrected chi connectivity index (χ2v) is 6.40. The van der Waals surface area contributed by atoms with Gasteiger partial charge in [0, 0.05) is 18.1 Å². The molecule has 0 unspecified atom stereocenters. The van der Waals surface area contributed by atoms with Gasteiger partial charge in [-0.25, -0.2) is 8.78 Å². The van der Waals surface area contributed by atoms with Crippen LogP contribution in [0.15, 0.2) is 60.7 Å². The van der Waals surface area contributed by atoms with Gasteiger partial charge in [-0.3, -0.25) is 4.79 Å². The van der Waals surface area contributed by atoms with Crippen LogP contribution < -0.4 is 14.8 Å². The Labute approximate surface area is 168 Å². The molecule has 0 saturated heterocycles. The van der Waals surface area contributed by atoms with Crippen molar-refractivity contribution >= 4 is 11.6 Å². The van der Waals surface area contributed by atoms with E-state index in [-0.39, 0.29) is 17.7 Å². The van der Waals surface area contributed by atoms with Gasteiger partial charge >= 0.3 is 0 Å². The van der Waals surface area contributed by atoms with Gasteiger partial charge < -0.3 is 14.8 Å². The zero-order chi connectivity index (χ0) is 20.8. The Kier molecular flexibility index (Phi) is 6.44. The Morgan fingerprint density at radius 3 is 2.41 bits per heavy atom. The number of halogens is 2. The highest BCUT2D eigenvalue weighted by molar-refractivity contribution is 5.95. The van der Waals surface area contributed by atoms with E-state index < -0.39 is 17.5 Å². The van der Waals surface area contributed by atoms with E-state index in [1.807, 2.05) is 0 Å². The quantitative estimate of drug-likeness (QED) is 0.595. The maximum Gasteiger partial charge on any atom is 0.224 e. The predicted molar refractivity (Wildman–Crippen MR) is 108 cm³/mol. The normalized spacial score (nSPS) is 10.5. The van der Waals surface area contributed by atoms with Crippen molar-refractivity contribution in [2.45, 2.75) is 12.8 Å². The van der Waals surface area contributed by atoms with E-state index in [4.69, 9.17) is 9.47 Å². The lowest BCUT2D eigenvalue weighted by molar-refractivity contribution is -0.116. The van der Waals surface area contributed by atoms with Crippen LogP contribution in [0.3, 0.4) is 0 Å². The van der Waals surface area contributed by atoms with Crippen LogP contribution in [0.1, 0.15) is 12.0 Å². The molecule has 0 radical (unpaired) electrons. The molecule has 4 nitrogen and oxygen atoms in total. The van der Waals surface area contributed by atoms with Crippen LogP contribution >= 0.6 is 0 Å². The summed E-state index contributed by atoms with van der Waals surface area (Å²) in [5, 5.41) is 2.59. The largest absolute Gasteiger partial charge is 0.497 e. The van der Waals surface area contributed by atoms with Crippen molar-refractivity contribution in [2.75, 3.05) is 19.5 Å². The summed E-state index contributed by atoms with van der Waals surface area (Å²) >= 11 is 0. The van der Waals surface area contributed by atoms with Crippen LogP contribution in [0.5, 0.6) is 11.5 Å². The molecule has 6 heteroatoms. The molecule has 3 aromatic rings. The van der Waals surface area contributed by atoms with E-state index in [1.165, 1.54) is 6.07 Å². The molecule has 0 aromatic heterocycles.